The van der Waals surface area contributed by atoms with Crippen LogP contribution in [-0.2, 0) is 0 Å². The van der Waals surface area contributed by atoms with E-state index in [0.29, 0.717) is 11.0 Å². The van der Waals surface area contributed by atoms with Gasteiger partial charge in [0, 0.05) is 12.1 Å². The molecule has 0 saturated heterocycles. The maximum absolute atomic E-state index is 11.1. The first-order chi connectivity index (χ1) is 7.19. The topological polar surface area (TPSA) is 50.4 Å². The van der Waals surface area contributed by atoms with Crippen molar-refractivity contribution in [2.75, 3.05) is 5.34 Å². The molecule has 0 radical (unpaired) electrons. The molecule has 0 aliphatic carbocycles. The molecule has 0 bridgehead atoms. The van der Waals surface area contributed by atoms with Crippen LogP contribution in [0.4, 0.5) is 0 Å². The average molecular weight is 247 g/mol. The molecular formula is C10H8Cl2O3. The van der Waals surface area contributed by atoms with Crippen LogP contribution in [0.25, 0.3) is 11.0 Å². The van der Waals surface area contributed by atoms with E-state index in [4.69, 9.17) is 32.7 Å². The monoisotopic (exact) mass is 246 g/mol. The Morgan fingerprint density at radius 2 is 1.93 bits per heavy atom. The van der Waals surface area contributed by atoms with Crippen molar-refractivity contribution >= 4 is 34.2 Å². The highest BCUT2D eigenvalue weighted by Crippen LogP contribution is 2.16. The van der Waals surface area contributed by atoms with Gasteiger partial charge in [-0.25, -0.2) is 0 Å². The van der Waals surface area contributed by atoms with Gasteiger partial charge < -0.3 is 9.52 Å². The number of halogens is 2. The SMILES string of the molecule is ClCCl.O=c1ccoc2cc(O)ccc12. The molecule has 0 saturated carbocycles. The van der Waals surface area contributed by atoms with E-state index in [1.165, 1.54) is 30.5 Å². The van der Waals surface area contributed by atoms with Gasteiger partial charge in [-0.1, -0.05) is 0 Å². The highest BCUT2D eigenvalue weighted by atomic mass is 35.5. The van der Waals surface area contributed by atoms with E-state index in [-0.39, 0.29) is 16.5 Å². The van der Waals surface area contributed by atoms with Gasteiger partial charge in [0.25, 0.3) is 0 Å². The maximum Gasteiger partial charge on any atom is 0.192 e. The summed E-state index contributed by atoms with van der Waals surface area (Å²) in [7, 11) is 0. The Kier molecular flexibility index (Phi) is 4.46. The van der Waals surface area contributed by atoms with E-state index in [1.807, 2.05) is 0 Å². The van der Waals surface area contributed by atoms with Gasteiger partial charge in [0.15, 0.2) is 5.43 Å². The second kappa shape index (κ2) is 5.63. The summed E-state index contributed by atoms with van der Waals surface area (Å²) in [5.41, 5.74) is 0.304. The van der Waals surface area contributed by atoms with Gasteiger partial charge in [-0.15, -0.1) is 23.2 Å². The first-order valence-corrected chi connectivity index (χ1v) is 5.08. The third-order valence-corrected chi connectivity index (χ3v) is 1.65. The molecule has 1 heterocycles. The third kappa shape index (κ3) is 3.15. The van der Waals surface area contributed by atoms with Crippen LogP contribution in [0.2, 0.25) is 0 Å². The van der Waals surface area contributed by atoms with E-state index < -0.39 is 0 Å². The van der Waals surface area contributed by atoms with Crippen molar-refractivity contribution in [1.82, 2.24) is 0 Å². The number of alkyl halides is 2. The van der Waals surface area contributed by atoms with Gasteiger partial charge in [0.2, 0.25) is 0 Å². The van der Waals surface area contributed by atoms with Crippen molar-refractivity contribution < 1.29 is 9.52 Å². The molecular weight excluding hydrogens is 239 g/mol. The maximum atomic E-state index is 11.1. The first-order valence-electron chi connectivity index (χ1n) is 4.01. The van der Waals surface area contributed by atoms with E-state index in [9.17, 15) is 4.79 Å². The van der Waals surface area contributed by atoms with Crippen LogP contribution in [0, 0.1) is 0 Å². The molecule has 2 aromatic rings. The van der Waals surface area contributed by atoms with Gasteiger partial charge in [-0.2, -0.15) is 0 Å². The third-order valence-electron chi connectivity index (χ3n) is 1.65. The molecule has 0 aliphatic heterocycles. The first kappa shape index (κ1) is 11.9. The lowest BCUT2D eigenvalue weighted by Crippen LogP contribution is -1.96. The molecule has 5 heteroatoms. The zero-order valence-corrected chi connectivity index (χ0v) is 9.13. The quantitative estimate of drug-likeness (QED) is 0.728. The van der Waals surface area contributed by atoms with Gasteiger partial charge in [0.05, 0.1) is 17.0 Å². The minimum absolute atomic E-state index is 0.0943. The molecule has 3 nitrogen and oxygen atoms in total. The Bertz CT molecular complexity index is 493. The molecule has 15 heavy (non-hydrogen) atoms. The standard InChI is InChI=1S/C9H6O3.CH2Cl2/c10-6-1-2-7-8(11)3-4-12-9(7)5-6;2-1-3/h1-5,10H;1H2. The van der Waals surface area contributed by atoms with Gasteiger partial charge in [-0.05, 0) is 12.1 Å². The van der Waals surface area contributed by atoms with E-state index in [1.54, 1.807) is 0 Å². The van der Waals surface area contributed by atoms with Crippen molar-refractivity contribution in [2.24, 2.45) is 0 Å². The number of fused-ring (bicyclic) bond motifs is 1. The summed E-state index contributed by atoms with van der Waals surface area (Å²) in [5.74, 6) is 0.0943. The fourth-order valence-corrected chi connectivity index (χ4v) is 1.07. The molecule has 1 aromatic heterocycles. The van der Waals surface area contributed by atoms with Crippen LogP contribution in [0.3, 0.4) is 0 Å². The molecule has 80 valence electrons. The lowest BCUT2D eigenvalue weighted by atomic mass is 10.2. The molecule has 0 spiro atoms. The Morgan fingerprint density at radius 3 is 2.60 bits per heavy atom. The number of aromatic hydroxyl groups is 1. The Labute approximate surface area is 95.9 Å². The highest BCUT2D eigenvalue weighted by molar-refractivity contribution is 6.40. The van der Waals surface area contributed by atoms with Crippen molar-refractivity contribution in [1.29, 1.82) is 0 Å². The zero-order chi connectivity index (χ0) is 11.3. The molecule has 0 fully saturated rings. The lowest BCUT2D eigenvalue weighted by Gasteiger charge is -1.94. The summed E-state index contributed by atoms with van der Waals surface area (Å²) in [6.45, 7) is 0. The molecule has 2 rings (SSSR count). The van der Waals surface area contributed by atoms with Gasteiger partial charge >= 0.3 is 0 Å². The predicted octanol–water partition coefficient (Wildman–Crippen LogP) is 2.92. The molecule has 1 aromatic carbocycles. The van der Waals surface area contributed by atoms with Crippen LogP contribution >= 0.6 is 23.2 Å². The minimum atomic E-state index is -0.101. The summed E-state index contributed by atoms with van der Waals surface area (Å²) >= 11 is 9.53. The van der Waals surface area contributed by atoms with Gasteiger partial charge in [0.1, 0.15) is 11.3 Å². The molecule has 0 aliphatic rings. The van der Waals surface area contributed by atoms with Crippen LogP contribution in [0.5, 0.6) is 5.75 Å². The highest BCUT2D eigenvalue weighted by Gasteiger charge is 1.99. The number of phenolic OH excluding ortho intramolecular Hbond substituents is 1. The largest absolute Gasteiger partial charge is 0.508 e. The molecule has 0 amide bonds. The lowest BCUT2D eigenvalue weighted by molar-refractivity contribution is 0.474. The number of hydrogen-bond acceptors (Lipinski definition) is 3. The number of hydrogen-bond donors (Lipinski definition) is 1. The summed E-state index contributed by atoms with van der Waals surface area (Å²) < 4.78 is 5.01. The normalized spacial score (nSPS) is 9.47. The number of phenols is 1. The smallest absolute Gasteiger partial charge is 0.192 e. The summed E-state index contributed by atoms with van der Waals surface area (Å²) in [4.78, 5) is 11.1. The van der Waals surface area contributed by atoms with Crippen molar-refractivity contribution in [3.63, 3.8) is 0 Å². The van der Waals surface area contributed by atoms with E-state index in [0.717, 1.165) is 0 Å². The molecule has 0 unspecified atom stereocenters. The fraction of sp³-hybridized carbons (Fsp3) is 0.100. The number of benzene rings is 1. The average Bonchev–Trinajstić information content (AvgIpc) is 2.19. The zero-order valence-electron chi connectivity index (χ0n) is 7.61. The minimum Gasteiger partial charge on any atom is -0.508 e. The van der Waals surface area contributed by atoms with E-state index in [2.05, 4.69) is 0 Å². The van der Waals surface area contributed by atoms with Crippen molar-refractivity contribution in [2.45, 2.75) is 0 Å². The second-order valence-electron chi connectivity index (χ2n) is 2.57. The fourth-order valence-electron chi connectivity index (χ4n) is 1.07. The summed E-state index contributed by atoms with van der Waals surface area (Å²) in [6, 6.07) is 5.76. The van der Waals surface area contributed by atoms with E-state index >= 15 is 0 Å². The van der Waals surface area contributed by atoms with Crippen molar-refractivity contribution in [3.8, 4) is 5.75 Å². The second-order valence-corrected chi connectivity index (χ2v) is 3.37. The Morgan fingerprint density at radius 1 is 1.27 bits per heavy atom. The summed E-state index contributed by atoms with van der Waals surface area (Å²) in [6.07, 6.45) is 1.31. The van der Waals surface area contributed by atoms with Crippen LogP contribution in [-0.4, -0.2) is 10.4 Å². The molecule has 1 N–H and O–H groups in total. The van der Waals surface area contributed by atoms with Crippen molar-refractivity contribution in [3.05, 3.63) is 40.8 Å². The van der Waals surface area contributed by atoms with Crippen LogP contribution in [0.15, 0.2) is 39.7 Å². The Balaban J connectivity index is 0.000000337. The Hall–Kier alpha value is -1.19. The van der Waals surface area contributed by atoms with Crippen LogP contribution < -0.4 is 5.43 Å². The predicted molar refractivity (Wildman–Crippen MR) is 60.7 cm³/mol. The summed E-state index contributed by atoms with van der Waals surface area (Å²) in [5, 5.41) is 9.74. The number of rotatable bonds is 0. The molecule has 0 atom stereocenters. The van der Waals surface area contributed by atoms with Gasteiger partial charge in [-0.3, -0.25) is 4.79 Å². The van der Waals surface area contributed by atoms with Crippen LogP contribution in [0.1, 0.15) is 0 Å².